The molecule has 0 saturated carbocycles. The zero-order chi connectivity index (χ0) is 11.9. The van der Waals surface area contributed by atoms with E-state index in [4.69, 9.17) is 9.47 Å². The second-order valence-corrected chi connectivity index (χ2v) is 4.73. The van der Waals surface area contributed by atoms with E-state index in [2.05, 4.69) is 26.4 Å². The molecule has 1 aliphatic rings. The van der Waals surface area contributed by atoms with E-state index in [9.17, 15) is 0 Å². The average molecular weight is 301 g/mol. The van der Waals surface area contributed by atoms with Crippen molar-refractivity contribution in [3.63, 3.8) is 0 Å². The summed E-state index contributed by atoms with van der Waals surface area (Å²) >= 11 is 3.42. The Kier molecular flexibility index (Phi) is 5.25. The van der Waals surface area contributed by atoms with Gasteiger partial charge >= 0.3 is 0 Å². The van der Waals surface area contributed by atoms with Gasteiger partial charge in [0.15, 0.2) is 0 Å². The summed E-state index contributed by atoms with van der Waals surface area (Å²) < 4.78 is 11.9. The molecule has 1 aromatic rings. The molecule has 1 heterocycles. The summed E-state index contributed by atoms with van der Waals surface area (Å²) in [5.41, 5.74) is 3.32. The summed E-state index contributed by atoms with van der Waals surface area (Å²) in [6.45, 7) is 4.97. The highest BCUT2D eigenvalue weighted by molar-refractivity contribution is 9.10. The van der Waals surface area contributed by atoms with Gasteiger partial charge < -0.3 is 9.47 Å². The van der Waals surface area contributed by atoms with E-state index in [0.29, 0.717) is 6.61 Å². The summed E-state index contributed by atoms with van der Waals surface area (Å²) in [6, 6.07) is 7.88. The Bertz CT molecular complexity index is 343. The van der Waals surface area contributed by atoms with E-state index in [1.54, 1.807) is 0 Å². The van der Waals surface area contributed by atoms with Crippen LogP contribution < -0.4 is 10.2 Å². The fourth-order valence-electron chi connectivity index (χ4n) is 1.65. The number of nitrogens with zero attached hydrogens (tertiary/aromatic N) is 1. The Hall–Kier alpha value is -0.620. The topological polar surface area (TPSA) is 33.7 Å². The first-order valence-electron chi connectivity index (χ1n) is 5.79. The fourth-order valence-corrected chi connectivity index (χ4v) is 2.03. The molecule has 1 aliphatic heterocycles. The maximum absolute atomic E-state index is 5.63. The molecule has 5 heteroatoms. The number of nitrogens with one attached hydrogen (secondary N) is 1. The highest BCUT2D eigenvalue weighted by Crippen LogP contribution is 2.17. The first-order valence-corrected chi connectivity index (χ1v) is 6.58. The molecular weight excluding hydrogens is 284 g/mol. The molecule has 0 radical (unpaired) electrons. The predicted octanol–water partition coefficient (Wildman–Crippen LogP) is 1.66. The van der Waals surface area contributed by atoms with Crippen molar-refractivity contribution in [3.8, 4) is 5.75 Å². The number of morpholine rings is 1. The van der Waals surface area contributed by atoms with Gasteiger partial charge in [0.05, 0.1) is 13.2 Å². The van der Waals surface area contributed by atoms with Crippen LogP contribution in [0, 0.1) is 0 Å². The number of hydrogen-bond donors (Lipinski definition) is 1. The summed E-state index contributed by atoms with van der Waals surface area (Å²) in [5.74, 6) is 0.892. The number of ether oxygens (including phenoxy) is 2. The predicted molar refractivity (Wildman–Crippen MR) is 70.0 cm³/mol. The van der Waals surface area contributed by atoms with Crippen molar-refractivity contribution in [2.24, 2.45) is 0 Å². The third kappa shape index (κ3) is 4.63. The Labute approximate surface area is 110 Å². The van der Waals surface area contributed by atoms with Gasteiger partial charge in [-0.25, -0.2) is 5.01 Å². The molecule has 1 aromatic carbocycles. The minimum atomic E-state index is 0.661. The molecule has 0 aliphatic carbocycles. The van der Waals surface area contributed by atoms with Gasteiger partial charge in [-0.3, -0.25) is 5.43 Å². The van der Waals surface area contributed by atoms with Crippen molar-refractivity contribution >= 4 is 15.9 Å². The largest absolute Gasteiger partial charge is 0.492 e. The molecule has 0 bridgehead atoms. The minimum absolute atomic E-state index is 0.661. The maximum Gasteiger partial charge on any atom is 0.120 e. The van der Waals surface area contributed by atoms with Crippen LogP contribution in [0.4, 0.5) is 0 Å². The molecule has 17 heavy (non-hydrogen) atoms. The Morgan fingerprint density at radius 3 is 2.94 bits per heavy atom. The Morgan fingerprint density at radius 2 is 2.18 bits per heavy atom. The molecule has 0 amide bonds. The van der Waals surface area contributed by atoms with E-state index in [1.807, 2.05) is 24.3 Å². The first-order chi connectivity index (χ1) is 8.34. The highest BCUT2D eigenvalue weighted by atomic mass is 79.9. The number of halogens is 1. The van der Waals surface area contributed by atoms with Crippen LogP contribution in [0.25, 0.3) is 0 Å². The molecular formula is C12H17BrN2O2. The maximum atomic E-state index is 5.63. The molecule has 0 atom stereocenters. The van der Waals surface area contributed by atoms with E-state index in [-0.39, 0.29) is 0 Å². The average Bonchev–Trinajstić information content (AvgIpc) is 2.36. The normalized spacial score (nSPS) is 17.0. The standard InChI is InChI=1S/C12H17BrN2O2/c13-11-2-1-3-12(10-11)17-7-4-14-15-5-8-16-9-6-15/h1-3,10,14H,4-9H2. The lowest BCUT2D eigenvalue weighted by Crippen LogP contribution is -2.46. The van der Waals surface area contributed by atoms with Gasteiger partial charge in [0.25, 0.3) is 0 Å². The van der Waals surface area contributed by atoms with Crippen LogP contribution in [0.2, 0.25) is 0 Å². The molecule has 2 rings (SSSR count). The lowest BCUT2D eigenvalue weighted by atomic mass is 10.3. The summed E-state index contributed by atoms with van der Waals surface area (Å²) in [7, 11) is 0. The molecule has 1 fully saturated rings. The molecule has 94 valence electrons. The number of benzene rings is 1. The van der Waals surface area contributed by atoms with Crippen LogP contribution in [0.15, 0.2) is 28.7 Å². The van der Waals surface area contributed by atoms with Crippen molar-refractivity contribution in [1.29, 1.82) is 0 Å². The van der Waals surface area contributed by atoms with Gasteiger partial charge in [0.2, 0.25) is 0 Å². The van der Waals surface area contributed by atoms with E-state index >= 15 is 0 Å². The summed E-state index contributed by atoms with van der Waals surface area (Å²) in [6.07, 6.45) is 0. The summed E-state index contributed by atoms with van der Waals surface area (Å²) in [4.78, 5) is 0. The van der Waals surface area contributed by atoms with Gasteiger partial charge in [-0.15, -0.1) is 0 Å². The van der Waals surface area contributed by atoms with Crippen LogP contribution in [0.5, 0.6) is 5.75 Å². The third-order valence-electron chi connectivity index (χ3n) is 2.51. The molecule has 0 aromatic heterocycles. The zero-order valence-corrected chi connectivity index (χ0v) is 11.3. The monoisotopic (exact) mass is 300 g/mol. The Morgan fingerprint density at radius 1 is 1.35 bits per heavy atom. The van der Waals surface area contributed by atoms with Crippen LogP contribution in [0.1, 0.15) is 0 Å². The van der Waals surface area contributed by atoms with E-state index < -0.39 is 0 Å². The SMILES string of the molecule is Brc1cccc(OCCNN2CCOCC2)c1. The van der Waals surface area contributed by atoms with Gasteiger partial charge in [0.1, 0.15) is 12.4 Å². The zero-order valence-electron chi connectivity index (χ0n) is 9.69. The lowest BCUT2D eigenvalue weighted by Gasteiger charge is -2.27. The quantitative estimate of drug-likeness (QED) is 0.839. The number of hydrazine groups is 1. The second kappa shape index (κ2) is 6.96. The smallest absolute Gasteiger partial charge is 0.120 e. The summed E-state index contributed by atoms with van der Waals surface area (Å²) in [5, 5.41) is 2.17. The van der Waals surface area contributed by atoms with E-state index in [1.165, 1.54) is 0 Å². The molecule has 4 nitrogen and oxygen atoms in total. The van der Waals surface area contributed by atoms with Gasteiger partial charge in [-0.05, 0) is 18.2 Å². The molecule has 1 saturated heterocycles. The van der Waals surface area contributed by atoms with Crippen LogP contribution in [0.3, 0.4) is 0 Å². The third-order valence-corrected chi connectivity index (χ3v) is 3.01. The number of hydrogen-bond acceptors (Lipinski definition) is 4. The molecule has 0 unspecified atom stereocenters. The number of rotatable bonds is 5. The second-order valence-electron chi connectivity index (χ2n) is 3.81. The van der Waals surface area contributed by atoms with E-state index in [0.717, 1.165) is 43.1 Å². The van der Waals surface area contributed by atoms with Gasteiger partial charge in [-0.2, -0.15) is 0 Å². The Balaban J connectivity index is 1.62. The van der Waals surface area contributed by atoms with Crippen LogP contribution >= 0.6 is 15.9 Å². The van der Waals surface area contributed by atoms with Gasteiger partial charge in [-0.1, -0.05) is 22.0 Å². The van der Waals surface area contributed by atoms with Crippen molar-refractivity contribution in [2.45, 2.75) is 0 Å². The van der Waals surface area contributed by atoms with Crippen molar-refractivity contribution in [2.75, 3.05) is 39.5 Å². The van der Waals surface area contributed by atoms with Crippen LogP contribution in [-0.4, -0.2) is 44.5 Å². The van der Waals surface area contributed by atoms with Gasteiger partial charge in [0, 0.05) is 24.1 Å². The minimum Gasteiger partial charge on any atom is -0.492 e. The van der Waals surface area contributed by atoms with Crippen molar-refractivity contribution in [1.82, 2.24) is 10.4 Å². The lowest BCUT2D eigenvalue weighted by molar-refractivity contribution is 0.0101. The molecule has 0 spiro atoms. The van der Waals surface area contributed by atoms with Crippen LogP contribution in [-0.2, 0) is 4.74 Å². The van der Waals surface area contributed by atoms with Crippen molar-refractivity contribution < 1.29 is 9.47 Å². The molecule has 1 N–H and O–H groups in total. The fraction of sp³-hybridized carbons (Fsp3) is 0.500. The highest BCUT2D eigenvalue weighted by Gasteiger charge is 2.08. The van der Waals surface area contributed by atoms with Crippen molar-refractivity contribution in [3.05, 3.63) is 28.7 Å². The first kappa shape index (κ1) is 12.8.